The molecule has 0 radical (unpaired) electrons. The first kappa shape index (κ1) is 18.4. The third-order valence-corrected chi connectivity index (χ3v) is 4.36. The van der Waals surface area contributed by atoms with E-state index in [1.54, 1.807) is 12.1 Å². The van der Waals surface area contributed by atoms with Crippen LogP contribution >= 0.6 is 0 Å². The summed E-state index contributed by atoms with van der Waals surface area (Å²) in [5, 5.41) is 2.81. The van der Waals surface area contributed by atoms with Crippen LogP contribution in [-0.2, 0) is 16.6 Å². The molecule has 3 N–H and O–H groups in total. The molecule has 140 valence electrons. The average molecular weight is 366 g/mol. The maximum absolute atomic E-state index is 12.3. The molecular formula is C20H22N4O3. The fourth-order valence-corrected chi connectivity index (χ4v) is 2.92. The normalized spacial score (nSPS) is 10.7. The monoisotopic (exact) mass is 366 g/mol. The molecule has 7 heteroatoms. The Labute approximate surface area is 157 Å². The number of benzene rings is 2. The number of fused-ring (bicyclic) bond motifs is 1. The van der Waals surface area contributed by atoms with Gasteiger partial charge in [-0.2, -0.15) is 0 Å². The molecule has 0 saturated heterocycles. The maximum Gasteiger partial charge on any atom is 0.305 e. The summed E-state index contributed by atoms with van der Waals surface area (Å²) < 4.78 is 6.55. The topological polar surface area (TPSA) is 99.2 Å². The van der Waals surface area contributed by atoms with E-state index in [2.05, 4.69) is 15.0 Å². The van der Waals surface area contributed by atoms with Crippen molar-refractivity contribution in [1.82, 2.24) is 14.9 Å². The number of rotatable bonds is 6. The largest absolute Gasteiger partial charge is 0.469 e. The molecular weight excluding hydrogens is 344 g/mol. The van der Waals surface area contributed by atoms with Crippen LogP contribution in [0.1, 0.15) is 23.2 Å². The molecule has 0 fully saturated rings. The second-order valence-corrected chi connectivity index (χ2v) is 6.26. The molecule has 7 nitrogen and oxygen atoms in total. The Hall–Kier alpha value is -3.35. The van der Waals surface area contributed by atoms with Gasteiger partial charge in [0.05, 0.1) is 18.1 Å². The van der Waals surface area contributed by atoms with Crippen LogP contribution in [0.25, 0.3) is 22.4 Å². The Morgan fingerprint density at radius 1 is 1.22 bits per heavy atom. The summed E-state index contributed by atoms with van der Waals surface area (Å²) in [6, 6.07) is 12.9. The van der Waals surface area contributed by atoms with Crippen molar-refractivity contribution in [3.05, 3.63) is 48.0 Å². The van der Waals surface area contributed by atoms with Gasteiger partial charge >= 0.3 is 5.97 Å². The molecule has 0 saturated carbocycles. The van der Waals surface area contributed by atoms with Crippen molar-refractivity contribution in [3.8, 4) is 11.4 Å². The van der Waals surface area contributed by atoms with Crippen LogP contribution in [0.5, 0.6) is 0 Å². The van der Waals surface area contributed by atoms with Crippen LogP contribution in [0, 0.1) is 0 Å². The molecule has 3 rings (SSSR count). The number of imidazole rings is 1. The number of amides is 1. The highest BCUT2D eigenvalue weighted by molar-refractivity contribution is 5.97. The second-order valence-electron chi connectivity index (χ2n) is 6.26. The number of carbonyl (C=O) groups is 2. The number of hydrogen-bond donors (Lipinski definition) is 2. The van der Waals surface area contributed by atoms with E-state index < -0.39 is 0 Å². The first-order valence-electron chi connectivity index (χ1n) is 8.67. The molecule has 27 heavy (non-hydrogen) atoms. The summed E-state index contributed by atoms with van der Waals surface area (Å²) in [4.78, 5) is 28.1. The summed E-state index contributed by atoms with van der Waals surface area (Å²) in [5.74, 6) is 0.305. The van der Waals surface area contributed by atoms with Crippen molar-refractivity contribution in [3.63, 3.8) is 0 Å². The number of hydrogen-bond acceptors (Lipinski definition) is 5. The number of anilines is 1. The second kappa shape index (κ2) is 7.90. The summed E-state index contributed by atoms with van der Waals surface area (Å²) >= 11 is 0. The third kappa shape index (κ3) is 4.08. The van der Waals surface area contributed by atoms with Gasteiger partial charge in [-0.05, 0) is 36.8 Å². The zero-order valence-electron chi connectivity index (χ0n) is 15.4. The number of methoxy groups -OCH3 is 1. The van der Waals surface area contributed by atoms with Crippen LogP contribution in [0.3, 0.4) is 0 Å². The van der Waals surface area contributed by atoms with E-state index in [-0.39, 0.29) is 18.3 Å². The third-order valence-electron chi connectivity index (χ3n) is 4.36. The van der Waals surface area contributed by atoms with Gasteiger partial charge in [0.15, 0.2) is 0 Å². The molecule has 1 amide bonds. The van der Waals surface area contributed by atoms with Crippen molar-refractivity contribution in [1.29, 1.82) is 0 Å². The predicted octanol–water partition coefficient (Wildman–Crippen LogP) is 2.51. The van der Waals surface area contributed by atoms with Crippen LogP contribution < -0.4 is 11.1 Å². The molecule has 0 aliphatic carbocycles. The van der Waals surface area contributed by atoms with Crippen LogP contribution in [0.4, 0.5) is 5.69 Å². The minimum absolute atomic E-state index is 0.196. The zero-order valence-corrected chi connectivity index (χ0v) is 15.4. The Kier molecular flexibility index (Phi) is 5.40. The van der Waals surface area contributed by atoms with Gasteiger partial charge in [0.25, 0.3) is 5.91 Å². The Bertz CT molecular complexity index is 994. The molecule has 1 aromatic heterocycles. The lowest BCUT2D eigenvalue weighted by Crippen LogP contribution is -2.24. The number of esters is 1. The SMILES string of the molecule is COC(=O)CCCNC(=O)c1ccc2c(c1)nc(-c1cccc(N)c1)n2C. The number of nitrogen functional groups attached to an aromatic ring is 1. The minimum atomic E-state index is -0.284. The van der Waals surface area contributed by atoms with Crippen LogP contribution in [0.2, 0.25) is 0 Å². The molecule has 0 aliphatic rings. The summed E-state index contributed by atoms with van der Waals surface area (Å²) in [6.07, 6.45) is 0.809. The van der Waals surface area contributed by atoms with Gasteiger partial charge in [0.1, 0.15) is 5.82 Å². The number of aryl methyl sites for hydroxylation is 1. The van der Waals surface area contributed by atoms with Crippen molar-refractivity contribution in [2.75, 3.05) is 19.4 Å². The van der Waals surface area contributed by atoms with Gasteiger partial charge in [0.2, 0.25) is 0 Å². The minimum Gasteiger partial charge on any atom is -0.469 e. The van der Waals surface area contributed by atoms with E-state index in [4.69, 9.17) is 5.73 Å². The standard InChI is InChI=1S/C20H22N4O3/c1-24-17-9-8-14(20(26)22-10-4-7-18(25)27-2)12-16(17)23-19(24)13-5-3-6-15(21)11-13/h3,5-6,8-9,11-12H,4,7,10,21H2,1-2H3,(H,22,26). The molecule has 0 spiro atoms. The van der Waals surface area contributed by atoms with Gasteiger partial charge in [-0.1, -0.05) is 12.1 Å². The highest BCUT2D eigenvalue weighted by Gasteiger charge is 2.13. The number of nitrogens with two attached hydrogens (primary N) is 1. The van der Waals surface area contributed by atoms with E-state index in [1.165, 1.54) is 7.11 Å². The van der Waals surface area contributed by atoms with Gasteiger partial charge in [-0.15, -0.1) is 0 Å². The number of carbonyl (C=O) groups excluding carboxylic acids is 2. The lowest BCUT2D eigenvalue weighted by molar-refractivity contribution is -0.140. The molecule has 0 unspecified atom stereocenters. The highest BCUT2D eigenvalue weighted by Crippen LogP contribution is 2.25. The van der Waals surface area contributed by atoms with E-state index >= 15 is 0 Å². The molecule has 0 atom stereocenters. The summed E-state index contributed by atoms with van der Waals surface area (Å²) in [6.45, 7) is 0.405. The predicted molar refractivity (Wildman–Crippen MR) is 104 cm³/mol. The molecule has 0 bridgehead atoms. The van der Waals surface area contributed by atoms with Gasteiger partial charge in [0, 0.05) is 36.8 Å². The van der Waals surface area contributed by atoms with Crippen LogP contribution in [0.15, 0.2) is 42.5 Å². The van der Waals surface area contributed by atoms with Crippen molar-refractivity contribution in [2.45, 2.75) is 12.8 Å². The molecule has 2 aromatic carbocycles. The first-order valence-corrected chi connectivity index (χ1v) is 8.67. The maximum atomic E-state index is 12.3. The lowest BCUT2D eigenvalue weighted by Gasteiger charge is -2.05. The van der Waals surface area contributed by atoms with E-state index in [9.17, 15) is 9.59 Å². The Morgan fingerprint density at radius 3 is 2.78 bits per heavy atom. The number of nitrogens with zero attached hydrogens (tertiary/aromatic N) is 2. The van der Waals surface area contributed by atoms with Gasteiger partial charge in [-0.25, -0.2) is 4.98 Å². The Balaban J connectivity index is 1.77. The van der Waals surface area contributed by atoms with Crippen molar-refractivity contribution in [2.24, 2.45) is 7.05 Å². The van der Waals surface area contributed by atoms with Crippen molar-refractivity contribution >= 4 is 28.6 Å². The van der Waals surface area contributed by atoms with E-state index in [0.717, 1.165) is 22.4 Å². The van der Waals surface area contributed by atoms with E-state index in [0.29, 0.717) is 24.2 Å². The zero-order chi connectivity index (χ0) is 19.4. The Morgan fingerprint density at radius 2 is 2.04 bits per heavy atom. The fraction of sp³-hybridized carbons (Fsp3) is 0.250. The average Bonchev–Trinajstić information content (AvgIpc) is 3.01. The summed E-state index contributed by atoms with van der Waals surface area (Å²) in [5.41, 5.74) is 9.65. The molecule has 1 heterocycles. The fourth-order valence-electron chi connectivity index (χ4n) is 2.92. The number of ether oxygens (including phenoxy) is 1. The first-order chi connectivity index (χ1) is 13.0. The van der Waals surface area contributed by atoms with Gasteiger partial charge in [-0.3, -0.25) is 9.59 Å². The number of aromatic nitrogens is 2. The smallest absolute Gasteiger partial charge is 0.305 e. The lowest BCUT2D eigenvalue weighted by atomic mass is 10.2. The summed E-state index contributed by atoms with van der Waals surface area (Å²) in [7, 11) is 3.28. The molecule has 0 aliphatic heterocycles. The molecule has 3 aromatic rings. The number of nitrogens with one attached hydrogen (secondary N) is 1. The van der Waals surface area contributed by atoms with Gasteiger partial charge < -0.3 is 20.4 Å². The van der Waals surface area contributed by atoms with Crippen LogP contribution in [-0.4, -0.2) is 35.1 Å². The van der Waals surface area contributed by atoms with Crippen molar-refractivity contribution < 1.29 is 14.3 Å². The van der Waals surface area contributed by atoms with E-state index in [1.807, 2.05) is 41.9 Å². The highest BCUT2D eigenvalue weighted by atomic mass is 16.5. The quantitative estimate of drug-likeness (QED) is 0.397.